The number of nitrogens with zero attached hydrogens (tertiary/aromatic N) is 6. The van der Waals surface area contributed by atoms with Crippen LogP contribution in [0.2, 0.25) is 5.02 Å². The number of imidazole rings is 1. The van der Waals surface area contributed by atoms with Crippen molar-refractivity contribution >= 4 is 46.0 Å². The maximum atomic E-state index is 10.3. The van der Waals surface area contributed by atoms with E-state index in [0.29, 0.717) is 27.5 Å². The standard InChI is InChI=1S/C19H17ClN6O2S/c1-24-15-4-2-3-5-16(15)25-17-21-22-19(26(17)23-18(24)25)29-11-13(27)10-28-14-8-6-12(20)7-9-14/h2-9,13,27H,10-11H2,1H3. The van der Waals surface area contributed by atoms with Crippen molar-refractivity contribution in [2.24, 2.45) is 7.05 Å². The third-order valence-electron chi connectivity index (χ3n) is 4.63. The number of benzene rings is 2. The highest BCUT2D eigenvalue weighted by Gasteiger charge is 2.19. The third-order valence-corrected chi connectivity index (χ3v) is 5.95. The molecule has 0 saturated heterocycles. The molecule has 8 nitrogen and oxygen atoms in total. The summed E-state index contributed by atoms with van der Waals surface area (Å²) in [4.78, 5) is 0. The highest BCUT2D eigenvalue weighted by Crippen LogP contribution is 2.24. The van der Waals surface area contributed by atoms with Crippen LogP contribution in [0.4, 0.5) is 0 Å². The van der Waals surface area contributed by atoms with E-state index >= 15 is 0 Å². The zero-order valence-electron chi connectivity index (χ0n) is 15.4. The van der Waals surface area contributed by atoms with Crippen LogP contribution < -0.4 is 4.74 Å². The minimum absolute atomic E-state index is 0.173. The molecule has 0 aliphatic carbocycles. The van der Waals surface area contributed by atoms with Crippen LogP contribution in [0.5, 0.6) is 5.75 Å². The van der Waals surface area contributed by atoms with Crippen LogP contribution in [0.1, 0.15) is 0 Å². The highest BCUT2D eigenvalue weighted by atomic mass is 35.5. The first kappa shape index (κ1) is 18.3. The molecular weight excluding hydrogens is 412 g/mol. The van der Waals surface area contributed by atoms with Crippen LogP contribution in [0.3, 0.4) is 0 Å². The first-order valence-electron chi connectivity index (χ1n) is 8.98. The molecule has 3 heterocycles. The Hall–Kier alpha value is -2.75. The molecule has 0 aliphatic rings. The molecule has 1 N–H and O–H groups in total. The zero-order valence-corrected chi connectivity index (χ0v) is 17.0. The Morgan fingerprint density at radius 3 is 2.62 bits per heavy atom. The Kier molecular flexibility index (Phi) is 4.57. The van der Waals surface area contributed by atoms with Crippen molar-refractivity contribution < 1.29 is 9.84 Å². The fourth-order valence-electron chi connectivity index (χ4n) is 3.22. The number of aliphatic hydroxyl groups is 1. The molecule has 0 amide bonds. The zero-order chi connectivity index (χ0) is 20.0. The number of hydrogen-bond donors (Lipinski definition) is 1. The van der Waals surface area contributed by atoms with Crippen molar-refractivity contribution in [1.82, 2.24) is 28.8 Å². The molecule has 148 valence electrons. The lowest BCUT2D eigenvalue weighted by molar-refractivity contribution is 0.126. The largest absolute Gasteiger partial charge is 0.491 e. The molecule has 10 heteroatoms. The van der Waals surface area contributed by atoms with Gasteiger partial charge in [0.05, 0.1) is 17.1 Å². The van der Waals surface area contributed by atoms with Gasteiger partial charge >= 0.3 is 0 Å². The number of halogens is 1. The van der Waals surface area contributed by atoms with Gasteiger partial charge in [0.2, 0.25) is 10.9 Å². The van der Waals surface area contributed by atoms with Gasteiger partial charge in [-0.2, -0.15) is 4.52 Å². The lowest BCUT2D eigenvalue weighted by atomic mass is 10.3. The van der Waals surface area contributed by atoms with Crippen LogP contribution in [-0.4, -0.2) is 52.3 Å². The second kappa shape index (κ2) is 7.25. The first-order valence-corrected chi connectivity index (χ1v) is 10.3. The van der Waals surface area contributed by atoms with Crippen LogP contribution in [0, 0.1) is 0 Å². The van der Waals surface area contributed by atoms with Crippen LogP contribution in [0.25, 0.3) is 22.6 Å². The smallest absolute Gasteiger partial charge is 0.260 e. The fraction of sp³-hybridized carbons (Fsp3) is 0.211. The normalized spacial score (nSPS) is 12.9. The van der Waals surface area contributed by atoms with Gasteiger partial charge < -0.3 is 14.4 Å². The maximum Gasteiger partial charge on any atom is 0.260 e. The van der Waals surface area contributed by atoms with Crippen molar-refractivity contribution in [2.75, 3.05) is 12.4 Å². The Morgan fingerprint density at radius 1 is 1.07 bits per heavy atom. The summed E-state index contributed by atoms with van der Waals surface area (Å²) in [6, 6.07) is 15.1. The second-order valence-corrected chi connectivity index (χ2v) is 8.03. The van der Waals surface area contributed by atoms with Gasteiger partial charge in [-0.05, 0) is 36.4 Å². The summed E-state index contributed by atoms with van der Waals surface area (Å²) in [6.07, 6.45) is -0.666. The third kappa shape index (κ3) is 3.21. The fourth-order valence-corrected chi connectivity index (χ4v) is 4.12. The maximum absolute atomic E-state index is 10.3. The van der Waals surface area contributed by atoms with Gasteiger partial charge in [-0.25, -0.2) is 4.40 Å². The predicted molar refractivity (Wildman–Crippen MR) is 112 cm³/mol. The van der Waals surface area contributed by atoms with Crippen LogP contribution >= 0.6 is 23.4 Å². The Labute approximate surface area is 174 Å². The highest BCUT2D eigenvalue weighted by molar-refractivity contribution is 7.99. The quantitative estimate of drug-likeness (QED) is 0.418. The number of aromatic nitrogens is 6. The number of para-hydroxylation sites is 2. The molecule has 0 saturated carbocycles. The summed E-state index contributed by atoms with van der Waals surface area (Å²) >= 11 is 7.24. The molecule has 1 unspecified atom stereocenters. The molecule has 0 radical (unpaired) electrons. The molecule has 0 fully saturated rings. The lowest BCUT2D eigenvalue weighted by Crippen LogP contribution is -2.20. The van der Waals surface area contributed by atoms with E-state index in [0.717, 1.165) is 16.8 Å². The van der Waals surface area contributed by atoms with E-state index in [9.17, 15) is 5.11 Å². The van der Waals surface area contributed by atoms with Gasteiger partial charge in [0.25, 0.3) is 5.78 Å². The van der Waals surface area contributed by atoms with E-state index in [4.69, 9.17) is 16.3 Å². The molecular formula is C19H17ClN6O2S. The molecule has 2 aromatic carbocycles. The average molecular weight is 429 g/mol. The van der Waals surface area contributed by atoms with Gasteiger partial charge in [0, 0.05) is 17.8 Å². The summed E-state index contributed by atoms with van der Waals surface area (Å²) < 4.78 is 11.3. The lowest BCUT2D eigenvalue weighted by Gasteiger charge is -2.11. The number of aryl methyl sites for hydroxylation is 1. The molecule has 29 heavy (non-hydrogen) atoms. The molecule has 5 rings (SSSR count). The predicted octanol–water partition coefficient (Wildman–Crippen LogP) is 3.05. The molecule has 5 aromatic rings. The van der Waals surface area contributed by atoms with Gasteiger partial charge in [-0.3, -0.25) is 0 Å². The van der Waals surface area contributed by atoms with Crippen molar-refractivity contribution in [1.29, 1.82) is 0 Å². The van der Waals surface area contributed by atoms with Crippen LogP contribution in [-0.2, 0) is 7.05 Å². The number of thioether (sulfide) groups is 1. The minimum atomic E-state index is -0.666. The molecule has 1 atom stereocenters. The van der Waals surface area contributed by atoms with Crippen LogP contribution in [0.15, 0.2) is 53.7 Å². The van der Waals surface area contributed by atoms with E-state index in [1.165, 1.54) is 11.8 Å². The van der Waals surface area contributed by atoms with Gasteiger partial charge in [0.15, 0.2) is 0 Å². The number of fused-ring (bicyclic) bond motifs is 5. The van der Waals surface area contributed by atoms with E-state index < -0.39 is 6.10 Å². The van der Waals surface area contributed by atoms with E-state index in [-0.39, 0.29) is 6.61 Å². The van der Waals surface area contributed by atoms with E-state index in [2.05, 4.69) is 15.3 Å². The summed E-state index contributed by atoms with van der Waals surface area (Å²) in [6.45, 7) is 0.173. The van der Waals surface area contributed by atoms with E-state index in [1.54, 1.807) is 28.8 Å². The van der Waals surface area contributed by atoms with Gasteiger partial charge in [-0.1, -0.05) is 35.5 Å². The van der Waals surface area contributed by atoms with Gasteiger partial charge in [-0.15, -0.1) is 15.3 Å². The monoisotopic (exact) mass is 428 g/mol. The summed E-state index contributed by atoms with van der Waals surface area (Å²) in [5.41, 5.74) is 2.09. The Balaban J connectivity index is 1.33. The summed E-state index contributed by atoms with van der Waals surface area (Å²) in [7, 11) is 1.97. The topological polar surface area (TPSA) is 81.9 Å². The average Bonchev–Trinajstić information content (AvgIpc) is 3.37. The Bertz CT molecular complexity index is 1310. The minimum Gasteiger partial charge on any atom is -0.491 e. The summed E-state index contributed by atoms with van der Waals surface area (Å²) in [5.74, 6) is 2.49. The number of ether oxygens (including phenoxy) is 1. The number of rotatable bonds is 6. The molecule has 0 bridgehead atoms. The first-order chi connectivity index (χ1) is 14.1. The Morgan fingerprint density at radius 2 is 1.83 bits per heavy atom. The SMILES string of the molecule is Cn1c2ccccc2n2c1nn1c(SCC(O)COc3ccc(Cl)cc3)nnc12. The van der Waals surface area contributed by atoms with E-state index in [1.807, 2.05) is 40.3 Å². The molecule has 3 aromatic heterocycles. The van der Waals surface area contributed by atoms with Crippen molar-refractivity contribution in [3.63, 3.8) is 0 Å². The summed E-state index contributed by atoms with van der Waals surface area (Å²) in [5, 5.41) is 24.7. The second-order valence-electron chi connectivity index (χ2n) is 6.61. The van der Waals surface area contributed by atoms with Crippen molar-refractivity contribution in [2.45, 2.75) is 11.3 Å². The van der Waals surface area contributed by atoms with Crippen molar-refractivity contribution in [3.05, 3.63) is 53.6 Å². The molecule has 0 aliphatic heterocycles. The number of aliphatic hydroxyl groups excluding tert-OH is 1. The molecule has 0 spiro atoms. The van der Waals surface area contributed by atoms with Crippen molar-refractivity contribution in [3.8, 4) is 5.75 Å². The van der Waals surface area contributed by atoms with Gasteiger partial charge in [0.1, 0.15) is 12.4 Å². The number of hydrogen-bond acceptors (Lipinski definition) is 6.